The van der Waals surface area contributed by atoms with Gasteiger partial charge in [-0.1, -0.05) is 66.8 Å². The molecule has 0 spiro atoms. The third kappa shape index (κ3) is 2.55. The molecule has 1 aliphatic rings. The molecule has 0 unspecified atom stereocenters. The molecule has 1 aliphatic carbocycles. The van der Waals surface area contributed by atoms with E-state index >= 15 is 0 Å². The lowest BCUT2D eigenvalue weighted by Gasteiger charge is -2.11. The number of aryl methyl sites for hydroxylation is 1. The molecule has 0 aromatic heterocycles. The number of hydrogen-bond donors (Lipinski definition) is 0. The minimum absolute atomic E-state index is 1.01. The van der Waals surface area contributed by atoms with Gasteiger partial charge in [0.1, 0.15) is 0 Å². The molecule has 0 bridgehead atoms. The Labute approximate surface area is 153 Å². The molecule has 0 nitrogen and oxygen atoms in total. The molecule has 0 N–H and O–H groups in total. The minimum atomic E-state index is 1.01. The zero-order valence-corrected chi connectivity index (χ0v) is 14.9. The van der Waals surface area contributed by atoms with Crippen molar-refractivity contribution in [2.24, 2.45) is 0 Å². The lowest BCUT2D eigenvalue weighted by molar-refractivity contribution is 1.28. The van der Waals surface area contributed by atoms with Crippen LogP contribution < -0.4 is 0 Å². The average molecular weight is 332 g/mol. The fourth-order valence-electron chi connectivity index (χ4n) is 3.93. The van der Waals surface area contributed by atoms with Crippen LogP contribution in [0.2, 0.25) is 0 Å². The Balaban J connectivity index is 1.73. The standard InChI is InChI=1S/C26H20/c1-18-20(13-19-7-3-2-4-8-19)11-12-23-16-24-14-21-9-5-6-10-22(21)15-25(24)17-26(18)23/h2-7,9-17H,8H2,1H3. The van der Waals surface area contributed by atoms with Crippen LogP contribution in [0.4, 0.5) is 0 Å². The number of benzene rings is 4. The van der Waals surface area contributed by atoms with Gasteiger partial charge < -0.3 is 0 Å². The van der Waals surface area contributed by atoms with E-state index < -0.39 is 0 Å². The van der Waals surface area contributed by atoms with Crippen molar-refractivity contribution in [2.45, 2.75) is 13.3 Å². The molecule has 4 aromatic rings. The maximum absolute atomic E-state index is 2.35. The monoisotopic (exact) mass is 332 g/mol. The summed E-state index contributed by atoms with van der Waals surface area (Å²) < 4.78 is 0. The van der Waals surface area contributed by atoms with Crippen molar-refractivity contribution in [1.82, 2.24) is 0 Å². The van der Waals surface area contributed by atoms with Crippen LogP contribution >= 0.6 is 0 Å². The van der Waals surface area contributed by atoms with E-state index in [1.165, 1.54) is 49.0 Å². The second kappa shape index (κ2) is 6.00. The Bertz CT molecular complexity index is 1250. The highest BCUT2D eigenvalue weighted by atomic mass is 14.1. The number of fused-ring (bicyclic) bond motifs is 3. The molecule has 0 saturated carbocycles. The van der Waals surface area contributed by atoms with E-state index in [1.54, 1.807) is 0 Å². The molecule has 4 aromatic carbocycles. The third-order valence-electron chi connectivity index (χ3n) is 5.40. The van der Waals surface area contributed by atoms with Crippen LogP contribution in [0.1, 0.15) is 17.5 Å². The summed E-state index contributed by atoms with van der Waals surface area (Å²) in [7, 11) is 0. The van der Waals surface area contributed by atoms with E-state index in [9.17, 15) is 0 Å². The van der Waals surface area contributed by atoms with E-state index in [4.69, 9.17) is 0 Å². The summed E-state index contributed by atoms with van der Waals surface area (Å²) >= 11 is 0. The van der Waals surface area contributed by atoms with Gasteiger partial charge in [-0.3, -0.25) is 0 Å². The van der Waals surface area contributed by atoms with Gasteiger partial charge in [-0.2, -0.15) is 0 Å². The third-order valence-corrected chi connectivity index (χ3v) is 5.40. The Kier molecular flexibility index (Phi) is 3.50. The summed E-state index contributed by atoms with van der Waals surface area (Å²) in [6.07, 6.45) is 12.0. The molecule has 0 radical (unpaired) electrons. The quantitative estimate of drug-likeness (QED) is 0.319. The summed E-state index contributed by atoms with van der Waals surface area (Å²) in [5.41, 5.74) is 4.03. The van der Waals surface area contributed by atoms with E-state index in [0.29, 0.717) is 0 Å². The Hall–Kier alpha value is -3.12. The Morgan fingerprint density at radius 1 is 0.731 bits per heavy atom. The Morgan fingerprint density at radius 3 is 2.19 bits per heavy atom. The van der Waals surface area contributed by atoms with Crippen molar-refractivity contribution in [3.63, 3.8) is 0 Å². The molecule has 0 heteroatoms. The van der Waals surface area contributed by atoms with Crippen LogP contribution in [0.25, 0.3) is 38.4 Å². The second-order valence-corrected chi connectivity index (χ2v) is 7.11. The highest BCUT2D eigenvalue weighted by Gasteiger charge is 2.06. The van der Waals surface area contributed by atoms with Gasteiger partial charge in [-0.05, 0) is 86.6 Å². The number of hydrogen-bond acceptors (Lipinski definition) is 0. The average Bonchev–Trinajstić information content (AvgIpc) is 2.68. The summed E-state index contributed by atoms with van der Waals surface area (Å²) in [6.45, 7) is 2.24. The zero-order valence-electron chi connectivity index (χ0n) is 14.9. The largest absolute Gasteiger partial charge is 0.0801 e. The first-order valence-electron chi connectivity index (χ1n) is 9.18. The van der Waals surface area contributed by atoms with Crippen LogP contribution in [0.3, 0.4) is 0 Å². The highest BCUT2D eigenvalue weighted by Crippen LogP contribution is 2.31. The van der Waals surface area contributed by atoms with E-state index in [2.05, 4.69) is 98.0 Å². The lowest BCUT2D eigenvalue weighted by atomic mass is 9.94. The van der Waals surface area contributed by atoms with E-state index in [-0.39, 0.29) is 0 Å². The lowest BCUT2D eigenvalue weighted by Crippen LogP contribution is -1.88. The van der Waals surface area contributed by atoms with Crippen molar-refractivity contribution < 1.29 is 0 Å². The molecule has 0 heterocycles. The number of rotatable bonds is 1. The summed E-state index contributed by atoms with van der Waals surface area (Å²) in [5, 5.41) is 7.87. The van der Waals surface area contributed by atoms with Gasteiger partial charge in [0.25, 0.3) is 0 Å². The smallest absolute Gasteiger partial charge is 0.00941 e. The van der Waals surface area contributed by atoms with E-state index in [0.717, 1.165) is 6.42 Å². The van der Waals surface area contributed by atoms with Gasteiger partial charge in [-0.25, -0.2) is 0 Å². The molecule has 0 amide bonds. The van der Waals surface area contributed by atoms with Gasteiger partial charge in [0.2, 0.25) is 0 Å². The van der Waals surface area contributed by atoms with Crippen molar-refractivity contribution in [2.75, 3.05) is 0 Å². The molecule has 0 atom stereocenters. The topological polar surface area (TPSA) is 0 Å². The van der Waals surface area contributed by atoms with Crippen molar-refractivity contribution >= 4 is 38.4 Å². The zero-order chi connectivity index (χ0) is 17.5. The van der Waals surface area contributed by atoms with Crippen LogP contribution in [-0.4, -0.2) is 0 Å². The molecule has 0 fully saturated rings. The predicted octanol–water partition coefficient (Wildman–Crippen LogP) is 7.35. The van der Waals surface area contributed by atoms with Crippen LogP contribution in [0.5, 0.6) is 0 Å². The summed E-state index contributed by atoms with van der Waals surface area (Å²) in [4.78, 5) is 0. The molecule has 26 heavy (non-hydrogen) atoms. The van der Waals surface area contributed by atoms with Crippen LogP contribution in [-0.2, 0) is 0 Å². The first-order valence-corrected chi connectivity index (χ1v) is 9.18. The van der Waals surface area contributed by atoms with Gasteiger partial charge in [0.15, 0.2) is 0 Å². The van der Waals surface area contributed by atoms with Gasteiger partial charge in [0.05, 0.1) is 0 Å². The first-order chi connectivity index (χ1) is 12.8. The van der Waals surface area contributed by atoms with Crippen molar-refractivity contribution in [3.8, 4) is 0 Å². The minimum Gasteiger partial charge on any atom is -0.0801 e. The number of allylic oxidation sites excluding steroid dienone is 5. The summed E-state index contributed by atoms with van der Waals surface area (Å²) in [5.74, 6) is 0. The van der Waals surface area contributed by atoms with Crippen molar-refractivity contribution in [3.05, 3.63) is 102 Å². The van der Waals surface area contributed by atoms with Gasteiger partial charge in [0, 0.05) is 0 Å². The summed E-state index contributed by atoms with van der Waals surface area (Å²) in [6, 6.07) is 22.4. The van der Waals surface area contributed by atoms with Crippen molar-refractivity contribution in [1.29, 1.82) is 0 Å². The normalized spacial score (nSPS) is 15.5. The first kappa shape index (κ1) is 15.2. The molecule has 5 rings (SSSR count). The molecule has 0 saturated heterocycles. The molecular formula is C26H20. The van der Waals surface area contributed by atoms with Crippen LogP contribution in [0.15, 0.2) is 90.5 Å². The fraction of sp³-hybridized carbons (Fsp3) is 0.0769. The van der Waals surface area contributed by atoms with Gasteiger partial charge in [-0.15, -0.1) is 0 Å². The molecular weight excluding hydrogens is 312 g/mol. The highest BCUT2D eigenvalue weighted by molar-refractivity contribution is 6.05. The van der Waals surface area contributed by atoms with Crippen LogP contribution in [0, 0.1) is 6.92 Å². The molecule has 0 aliphatic heterocycles. The van der Waals surface area contributed by atoms with E-state index in [1.807, 2.05) is 0 Å². The maximum atomic E-state index is 2.35. The predicted molar refractivity (Wildman–Crippen MR) is 115 cm³/mol. The fourth-order valence-corrected chi connectivity index (χ4v) is 3.93. The second-order valence-electron chi connectivity index (χ2n) is 7.11. The molecule has 124 valence electrons. The SMILES string of the molecule is Cc1c(C=C2C=CC=CC2)ccc2cc3cc4ccccc4cc3cc12. The maximum Gasteiger partial charge on any atom is -0.00941 e. The Morgan fingerprint density at radius 2 is 1.46 bits per heavy atom. The van der Waals surface area contributed by atoms with Gasteiger partial charge >= 0.3 is 0 Å².